The molecule has 6 N–H and O–H groups in total. The van der Waals surface area contributed by atoms with Gasteiger partial charge in [0.15, 0.2) is 0 Å². The van der Waals surface area contributed by atoms with Gasteiger partial charge in [0.1, 0.15) is 0 Å². The molecular weight excluding hydrogens is 1180 g/mol. The van der Waals surface area contributed by atoms with Crippen molar-refractivity contribution in [3.05, 3.63) is 151 Å². The first-order chi connectivity index (χ1) is 44.6. The number of aromatic amines is 1. The Morgan fingerprint density at radius 1 is 0.538 bits per heavy atom. The first-order valence-corrected chi connectivity index (χ1v) is 32.5. The number of carboxylic acid groups (broad SMARTS) is 1. The van der Waals surface area contributed by atoms with Crippen LogP contribution in [-0.2, 0) is 55.0 Å². The standard InChI is InChI=1S/C24H32N4O3.C23H30N4O3.C17H21NO3.C7H13N3O/c1-15(18-10-12-31-13-11-18)28-17(3)22(19-8-6-7-9-21(19)28)23(29)25-14-20-16(2)27(4)26-24(20)30-5;1-14(17-9-11-30-12-10-17)27-16(3)21(18-7-5-6-8-20(18)27)23(29)24-13-19-15(2)26(4)25-22(19)28;1-11(13-7-9-21-10-8-13)18-12(2)16(17(19)20)14-5-3-4-6-15(14)18;1-5-6(4-8)7(11-3)9-10(5)2/h6-9,15,18H,10-14H2,1-5H3,(H,25,29);5-8,14,17H,9-13H2,1-4H3,(H,24,29)(H,25,28);3-6,11,13H,7-10H2,1-2H3,(H,19,20);4,8H2,1-3H3. The lowest BCUT2D eigenvalue weighted by Gasteiger charge is -2.30. The van der Waals surface area contributed by atoms with Gasteiger partial charge in [0, 0.05) is 152 Å². The summed E-state index contributed by atoms with van der Waals surface area (Å²) < 4.78 is 39.0. The predicted molar refractivity (Wildman–Crippen MR) is 362 cm³/mol. The number of aromatic carboxylic acids is 1. The number of hydrogen-bond donors (Lipinski definition) is 5. The zero-order valence-electron chi connectivity index (χ0n) is 56.8. The van der Waals surface area contributed by atoms with Crippen LogP contribution in [0.25, 0.3) is 32.7 Å². The van der Waals surface area contributed by atoms with Crippen molar-refractivity contribution in [1.82, 2.24) is 53.7 Å². The summed E-state index contributed by atoms with van der Waals surface area (Å²) in [6.07, 6.45) is 6.24. The van der Waals surface area contributed by atoms with Crippen molar-refractivity contribution in [2.75, 3.05) is 53.9 Å². The van der Waals surface area contributed by atoms with E-state index in [4.69, 9.17) is 29.4 Å². The Labute approximate surface area is 544 Å². The first-order valence-electron chi connectivity index (χ1n) is 32.5. The third kappa shape index (κ3) is 14.4. The molecule has 3 aliphatic rings. The quantitative estimate of drug-likeness (QED) is 0.0604. The van der Waals surface area contributed by atoms with Gasteiger partial charge in [-0.2, -0.15) is 0 Å². The Balaban J connectivity index is 0.000000154. The van der Waals surface area contributed by atoms with Gasteiger partial charge in [-0.3, -0.25) is 33.5 Å². The van der Waals surface area contributed by atoms with Crippen molar-refractivity contribution in [2.45, 2.75) is 139 Å². The van der Waals surface area contributed by atoms with E-state index in [9.17, 15) is 24.3 Å². The summed E-state index contributed by atoms with van der Waals surface area (Å²) in [7, 11) is 8.73. The fraction of sp³-hybridized carbons (Fsp3) is 0.493. The third-order valence-electron chi connectivity index (χ3n) is 20.0. The van der Waals surface area contributed by atoms with E-state index in [0.717, 1.165) is 162 Å². The number of amides is 2. The molecule has 0 bridgehead atoms. The summed E-state index contributed by atoms with van der Waals surface area (Å²) in [4.78, 5) is 50.3. The van der Waals surface area contributed by atoms with E-state index < -0.39 is 5.97 Å². The zero-order chi connectivity index (χ0) is 66.9. The molecule has 22 nitrogen and oxygen atoms in total. The molecule has 93 heavy (non-hydrogen) atoms. The number of nitrogens with zero attached hydrogens (tertiary/aromatic N) is 8. The van der Waals surface area contributed by atoms with Crippen LogP contribution in [-0.4, -0.2) is 120 Å². The Morgan fingerprint density at radius 3 is 1.20 bits per heavy atom. The average Bonchev–Trinajstić information content (AvgIpc) is 1.63. The number of para-hydroxylation sites is 3. The van der Waals surface area contributed by atoms with Gasteiger partial charge in [-0.15, -0.1) is 10.2 Å². The zero-order valence-corrected chi connectivity index (χ0v) is 56.8. The van der Waals surface area contributed by atoms with Crippen LogP contribution in [0.3, 0.4) is 0 Å². The average molecular weight is 1280 g/mol. The number of benzene rings is 3. The molecule has 0 aliphatic carbocycles. The molecule has 0 saturated carbocycles. The van der Waals surface area contributed by atoms with Gasteiger partial charge in [-0.1, -0.05) is 54.6 Å². The van der Waals surface area contributed by atoms with Crippen LogP contribution in [0, 0.1) is 59.3 Å². The van der Waals surface area contributed by atoms with E-state index in [0.29, 0.717) is 65.3 Å². The van der Waals surface area contributed by atoms with Crippen molar-refractivity contribution in [1.29, 1.82) is 0 Å². The number of carbonyl (C=O) groups is 3. The van der Waals surface area contributed by atoms with Crippen molar-refractivity contribution in [2.24, 2.45) is 44.6 Å². The number of ether oxygens (including phenoxy) is 5. The second-order valence-electron chi connectivity index (χ2n) is 24.9. The Kier molecular flexibility index (Phi) is 22.6. The molecule has 3 unspecified atom stereocenters. The molecule has 3 aromatic carbocycles. The Hall–Kier alpha value is -8.44. The maximum Gasteiger partial charge on any atom is 0.338 e. The number of rotatable bonds is 16. The van der Waals surface area contributed by atoms with Gasteiger partial charge in [0.05, 0.1) is 60.7 Å². The van der Waals surface area contributed by atoms with Crippen molar-refractivity contribution in [3.8, 4) is 11.8 Å². The van der Waals surface area contributed by atoms with Gasteiger partial charge in [0.25, 0.3) is 17.4 Å². The van der Waals surface area contributed by atoms with Crippen molar-refractivity contribution < 1.29 is 43.2 Å². The number of aromatic nitrogens is 9. The Morgan fingerprint density at radius 2 is 0.871 bits per heavy atom. The summed E-state index contributed by atoms with van der Waals surface area (Å²) in [6, 6.07) is 24.9. The van der Waals surface area contributed by atoms with Gasteiger partial charge in [0.2, 0.25) is 11.8 Å². The minimum atomic E-state index is -0.846. The summed E-state index contributed by atoms with van der Waals surface area (Å²) >= 11 is 0. The van der Waals surface area contributed by atoms with Gasteiger partial charge < -0.3 is 58.9 Å². The second-order valence-corrected chi connectivity index (χ2v) is 24.9. The lowest BCUT2D eigenvalue weighted by atomic mass is 9.92. The maximum atomic E-state index is 13.4. The summed E-state index contributed by atoms with van der Waals surface area (Å²) in [5.74, 6) is 1.72. The highest BCUT2D eigenvalue weighted by Gasteiger charge is 2.32. The third-order valence-corrected chi connectivity index (χ3v) is 20.0. The van der Waals surface area contributed by atoms with Crippen molar-refractivity contribution >= 4 is 50.5 Å². The highest BCUT2D eigenvalue weighted by Crippen LogP contribution is 2.39. The van der Waals surface area contributed by atoms with E-state index in [1.807, 2.05) is 109 Å². The van der Waals surface area contributed by atoms with E-state index in [2.05, 4.69) is 79.5 Å². The maximum absolute atomic E-state index is 13.4. The van der Waals surface area contributed by atoms with Crippen LogP contribution in [0.4, 0.5) is 0 Å². The van der Waals surface area contributed by atoms with E-state index in [-0.39, 0.29) is 36.0 Å². The molecular formula is C71H96N12O10. The minimum absolute atomic E-state index is 0.0723. The number of nitrogens with two attached hydrogens (primary N) is 1. The van der Waals surface area contributed by atoms with Crippen LogP contribution >= 0.6 is 0 Å². The number of carbonyl (C=O) groups excluding carboxylic acids is 2. The number of H-pyrrole nitrogens is 1. The predicted octanol–water partition coefficient (Wildman–Crippen LogP) is 11.0. The molecule has 2 amide bonds. The largest absolute Gasteiger partial charge is 0.480 e. The summed E-state index contributed by atoms with van der Waals surface area (Å²) in [5, 5.41) is 29.6. The molecule has 0 spiro atoms. The van der Waals surface area contributed by atoms with Crippen molar-refractivity contribution in [3.63, 3.8) is 0 Å². The topological polar surface area (TPSA) is 256 Å². The van der Waals surface area contributed by atoms with Crippen LogP contribution in [0.5, 0.6) is 11.8 Å². The fourth-order valence-corrected chi connectivity index (χ4v) is 14.2. The Bertz CT molecular complexity index is 4140. The number of aryl methyl sites for hydroxylation is 3. The highest BCUT2D eigenvalue weighted by atomic mass is 16.5. The molecule has 12 rings (SSSR count). The molecule has 3 fully saturated rings. The van der Waals surface area contributed by atoms with Crippen LogP contribution in [0.15, 0.2) is 77.6 Å². The number of hydrogen-bond acceptors (Lipinski definition) is 12. The molecule has 3 atom stereocenters. The number of carboxylic acids is 1. The number of methoxy groups -OCH3 is 2. The van der Waals surface area contributed by atoms with Gasteiger partial charge in [-0.25, -0.2) is 4.79 Å². The van der Waals surface area contributed by atoms with Crippen LogP contribution < -0.4 is 31.4 Å². The second kappa shape index (κ2) is 30.5. The highest BCUT2D eigenvalue weighted by molar-refractivity contribution is 6.09. The monoisotopic (exact) mass is 1280 g/mol. The molecule has 6 aromatic heterocycles. The SMILES string of the molecule is COc1nn(C)c(C)c1CN.COc1nn(C)c(C)c1CNC(=O)c1c(C)n(C(C)C2CCOCC2)c2ccccc12.Cc1c(C(=O)O)c2ccccc2n1C(C)C1CCOCC1.Cc1c(CNC(=O)c2c(C)n(C(C)C3CCOCC3)c3ccccc23)c(=O)[nH]n1C. The first kappa shape index (κ1) is 68.9. The molecule has 3 saturated heterocycles. The van der Waals surface area contributed by atoms with E-state index in [1.165, 1.54) is 0 Å². The van der Waals surface area contributed by atoms with Crippen LogP contribution in [0.1, 0.15) is 159 Å². The molecule has 3 aliphatic heterocycles. The molecule has 22 heteroatoms. The number of nitrogens with one attached hydrogen (secondary N) is 3. The smallest absolute Gasteiger partial charge is 0.338 e. The minimum Gasteiger partial charge on any atom is -0.480 e. The lowest BCUT2D eigenvalue weighted by molar-refractivity contribution is 0.0515. The molecule has 9 heterocycles. The normalized spacial score (nSPS) is 15.8. The van der Waals surface area contributed by atoms with E-state index >= 15 is 0 Å². The van der Waals surface area contributed by atoms with Gasteiger partial charge >= 0.3 is 5.97 Å². The van der Waals surface area contributed by atoms with E-state index in [1.54, 1.807) is 35.3 Å². The summed E-state index contributed by atoms with van der Waals surface area (Å²) in [5.41, 5.74) is 18.6. The van der Waals surface area contributed by atoms with Gasteiger partial charge in [-0.05, 0) is 137 Å². The lowest BCUT2D eigenvalue weighted by Crippen LogP contribution is -2.27. The molecule has 0 radical (unpaired) electrons. The number of fused-ring (bicyclic) bond motifs is 3. The molecule has 500 valence electrons. The van der Waals surface area contributed by atoms with Crippen LogP contribution in [0.2, 0.25) is 0 Å². The molecule has 9 aromatic rings. The fourth-order valence-electron chi connectivity index (χ4n) is 14.2. The summed E-state index contributed by atoms with van der Waals surface area (Å²) in [6.45, 7) is 24.4.